The molecule has 4 rings (SSSR count). The predicted octanol–water partition coefficient (Wildman–Crippen LogP) is 2.10. The molecule has 0 spiro atoms. The summed E-state index contributed by atoms with van der Waals surface area (Å²) in [7, 11) is 0. The van der Waals surface area contributed by atoms with E-state index in [0.29, 0.717) is 17.1 Å². The van der Waals surface area contributed by atoms with Crippen LogP contribution in [0.25, 0.3) is 0 Å². The van der Waals surface area contributed by atoms with Gasteiger partial charge in [-0.15, -0.1) is 0 Å². The quantitative estimate of drug-likeness (QED) is 0.306. The molecule has 0 radical (unpaired) electrons. The van der Waals surface area contributed by atoms with E-state index in [1.807, 2.05) is 0 Å². The summed E-state index contributed by atoms with van der Waals surface area (Å²) in [5.41, 5.74) is -0.203. The molecule has 0 aromatic carbocycles. The molecule has 3 aromatic rings. The minimum absolute atomic E-state index is 0.00647. The Morgan fingerprint density at radius 2 is 1.37 bits per heavy atom. The van der Waals surface area contributed by atoms with Crippen molar-refractivity contribution in [2.75, 3.05) is 6.54 Å². The van der Waals surface area contributed by atoms with E-state index >= 15 is 0 Å². The normalized spacial score (nSPS) is 14.2. The fraction of sp³-hybridized carbons (Fsp3) is 0.370. The molecule has 0 aliphatic carbocycles. The third-order valence-corrected chi connectivity index (χ3v) is 5.64. The van der Waals surface area contributed by atoms with E-state index in [2.05, 4.69) is 26.6 Å². The van der Waals surface area contributed by atoms with Crippen LogP contribution in [0.3, 0.4) is 0 Å². The zero-order chi connectivity index (χ0) is 29.6. The Bertz CT molecular complexity index is 1440. The minimum atomic E-state index is -0.658. The number of nitrogens with one attached hydrogen (secondary N) is 5. The summed E-state index contributed by atoms with van der Waals surface area (Å²) in [5, 5.41) is 13.2. The van der Waals surface area contributed by atoms with Gasteiger partial charge in [0.25, 0.3) is 17.7 Å². The number of hydrogen-bond donors (Lipinski definition) is 5. The zero-order valence-electron chi connectivity index (χ0n) is 22.8. The van der Waals surface area contributed by atoms with Gasteiger partial charge in [-0.2, -0.15) is 0 Å². The Balaban J connectivity index is 1.44. The second kappa shape index (κ2) is 12.4. The average Bonchev–Trinajstić information content (AvgIpc) is 3.66. The third-order valence-electron chi connectivity index (χ3n) is 5.64. The number of hydrogen-bond acceptors (Lipinski definition) is 9. The number of carbonyl (C=O) groups is 5. The first-order valence-electron chi connectivity index (χ1n) is 12.8. The molecule has 5 amide bonds. The second-order valence-electron chi connectivity index (χ2n) is 10.1. The highest BCUT2D eigenvalue weighted by atomic mass is 16.6. The Hall–Kier alpha value is -5.01. The highest BCUT2D eigenvalue weighted by Crippen LogP contribution is 2.18. The summed E-state index contributed by atoms with van der Waals surface area (Å²) in [6.45, 7) is 5.15. The summed E-state index contributed by atoms with van der Waals surface area (Å²) in [6.07, 6.45) is -0.646. The van der Waals surface area contributed by atoms with Gasteiger partial charge in [0, 0.05) is 25.1 Å². The molecule has 4 heterocycles. The largest absolute Gasteiger partial charge is 0.454 e. The molecule has 218 valence electrons. The first-order valence-corrected chi connectivity index (χ1v) is 12.8. The molecule has 0 saturated carbocycles. The summed E-state index contributed by atoms with van der Waals surface area (Å²) in [6, 6.07) is 7.51. The molecule has 3 aromatic heterocycles. The Labute approximate surface area is 234 Å². The van der Waals surface area contributed by atoms with Crippen molar-refractivity contribution in [1.29, 1.82) is 0 Å². The fourth-order valence-corrected chi connectivity index (χ4v) is 3.70. The van der Waals surface area contributed by atoms with E-state index in [1.165, 1.54) is 18.2 Å². The van der Waals surface area contributed by atoms with Gasteiger partial charge in [0.15, 0.2) is 17.3 Å². The van der Waals surface area contributed by atoms with Crippen LogP contribution < -0.4 is 26.6 Å². The van der Waals surface area contributed by atoms with Crippen LogP contribution in [0, 0.1) is 0 Å². The summed E-state index contributed by atoms with van der Waals surface area (Å²) >= 11 is 0. The van der Waals surface area contributed by atoms with Crippen molar-refractivity contribution in [2.45, 2.75) is 59.0 Å². The van der Waals surface area contributed by atoms with Crippen molar-refractivity contribution < 1.29 is 42.0 Å². The van der Waals surface area contributed by atoms with Crippen LogP contribution in [-0.2, 0) is 35.7 Å². The van der Waals surface area contributed by atoms with E-state index in [9.17, 15) is 24.0 Å². The van der Waals surface area contributed by atoms with Crippen molar-refractivity contribution in [3.63, 3.8) is 0 Å². The molecule has 1 aliphatic rings. The number of carbonyl (C=O) groups excluding carboxylic acids is 5. The summed E-state index contributed by atoms with van der Waals surface area (Å²) in [4.78, 5) is 61.9. The molecule has 5 N–H and O–H groups in total. The molecular weight excluding hydrogens is 538 g/mol. The van der Waals surface area contributed by atoms with Gasteiger partial charge in [-0.3, -0.25) is 19.2 Å². The monoisotopic (exact) mass is 569 g/mol. The van der Waals surface area contributed by atoms with Crippen molar-refractivity contribution >= 4 is 29.7 Å². The van der Waals surface area contributed by atoms with Gasteiger partial charge in [0.05, 0.1) is 19.6 Å². The van der Waals surface area contributed by atoms with Gasteiger partial charge in [0.2, 0.25) is 5.91 Å². The smallest absolute Gasteiger partial charge is 0.407 e. The first-order chi connectivity index (χ1) is 19.5. The van der Waals surface area contributed by atoms with Crippen molar-refractivity contribution in [3.8, 4) is 0 Å². The molecule has 6 bridgehead atoms. The lowest BCUT2D eigenvalue weighted by atomic mass is 10.2. The summed E-state index contributed by atoms with van der Waals surface area (Å²) < 4.78 is 21.9. The Morgan fingerprint density at radius 1 is 0.805 bits per heavy atom. The average molecular weight is 570 g/mol. The molecule has 0 atom stereocenters. The predicted molar refractivity (Wildman–Crippen MR) is 140 cm³/mol. The van der Waals surface area contributed by atoms with Crippen LogP contribution >= 0.6 is 0 Å². The van der Waals surface area contributed by atoms with Crippen molar-refractivity contribution in [1.82, 2.24) is 26.6 Å². The van der Waals surface area contributed by atoms with E-state index in [-0.39, 0.29) is 68.1 Å². The molecule has 1 aliphatic heterocycles. The lowest BCUT2D eigenvalue weighted by Crippen LogP contribution is -2.35. The zero-order valence-corrected chi connectivity index (χ0v) is 22.8. The highest BCUT2D eigenvalue weighted by molar-refractivity contribution is 5.93. The topological polar surface area (TPSA) is 194 Å². The maximum absolute atomic E-state index is 12.8. The van der Waals surface area contributed by atoms with Gasteiger partial charge in [0.1, 0.15) is 22.9 Å². The van der Waals surface area contributed by atoms with Crippen molar-refractivity contribution in [2.24, 2.45) is 0 Å². The lowest BCUT2D eigenvalue weighted by molar-refractivity contribution is -0.121. The summed E-state index contributed by atoms with van der Waals surface area (Å²) in [5.74, 6) is -1.05. The SMILES string of the molecule is CC(C)(C)OC(=O)NCCC(=O)NCc1cc2oc1CNC(=O)c1ccc(o1)CNC(=O)c1ccc(o1)CNC2=O. The standard InChI is InChI=1S/C27H31N5O9/c1-27(2,3)41-26(37)28-9-8-22(33)29-11-15-10-20-25(36)31-13-17-4-6-18(38-17)23(34)30-12-16-5-7-19(39-16)24(35)32-14-21(15)40-20/h4-7,10H,8-9,11-14H2,1-3H3,(H,28,37)(H,29,33)(H,30,34)(H,31,36)(H,32,35). The fourth-order valence-electron chi connectivity index (χ4n) is 3.70. The van der Waals surface area contributed by atoms with Crippen LogP contribution in [0.4, 0.5) is 4.79 Å². The number of rotatable bonds is 5. The maximum Gasteiger partial charge on any atom is 0.407 e. The number of alkyl carbamates (subject to hydrolysis) is 1. The minimum Gasteiger partial charge on any atom is -0.454 e. The first kappa shape index (κ1) is 29.0. The Kier molecular flexibility index (Phi) is 8.80. The van der Waals surface area contributed by atoms with Gasteiger partial charge in [-0.1, -0.05) is 0 Å². The van der Waals surface area contributed by atoms with Crippen LogP contribution in [0.1, 0.15) is 81.7 Å². The molecular formula is C27H31N5O9. The Morgan fingerprint density at radius 3 is 1.95 bits per heavy atom. The van der Waals surface area contributed by atoms with E-state index in [1.54, 1.807) is 32.9 Å². The number of furan rings is 3. The third kappa shape index (κ3) is 8.24. The molecule has 41 heavy (non-hydrogen) atoms. The van der Waals surface area contributed by atoms with Gasteiger partial charge >= 0.3 is 6.09 Å². The number of amides is 5. The van der Waals surface area contributed by atoms with E-state index in [0.717, 1.165) is 0 Å². The van der Waals surface area contributed by atoms with Gasteiger partial charge < -0.3 is 44.6 Å². The van der Waals surface area contributed by atoms with E-state index in [4.69, 9.17) is 18.0 Å². The second-order valence-corrected chi connectivity index (χ2v) is 10.1. The molecule has 0 unspecified atom stereocenters. The van der Waals surface area contributed by atoms with Crippen LogP contribution in [0.2, 0.25) is 0 Å². The van der Waals surface area contributed by atoms with Gasteiger partial charge in [-0.25, -0.2) is 4.79 Å². The number of ether oxygens (including phenoxy) is 1. The molecule has 14 heteroatoms. The van der Waals surface area contributed by atoms with Crippen LogP contribution in [0.5, 0.6) is 0 Å². The van der Waals surface area contributed by atoms with Crippen LogP contribution in [0.15, 0.2) is 43.6 Å². The lowest BCUT2D eigenvalue weighted by Gasteiger charge is -2.19. The van der Waals surface area contributed by atoms with Gasteiger partial charge in [-0.05, 0) is 51.1 Å². The molecule has 14 nitrogen and oxygen atoms in total. The molecule has 0 fully saturated rings. The molecule has 0 saturated heterocycles. The van der Waals surface area contributed by atoms with E-state index < -0.39 is 29.4 Å². The van der Waals surface area contributed by atoms with Crippen molar-refractivity contribution in [3.05, 3.63) is 70.5 Å². The number of fused-ring (bicyclic) bond motifs is 6. The highest BCUT2D eigenvalue weighted by Gasteiger charge is 2.21. The van der Waals surface area contributed by atoms with Crippen LogP contribution in [-0.4, -0.2) is 41.9 Å². The maximum atomic E-state index is 12.8.